The lowest BCUT2D eigenvalue weighted by molar-refractivity contribution is 0.234. The van der Waals surface area contributed by atoms with Crippen molar-refractivity contribution in [2.75, 3.05) is 0 Å². The van der Waals surface area contributed by atoms with Gasteiger partial charge in [-0.25, -0.2) is 8.78 Å². The second-order valence-electron chi connectivity index (χ2n) is 10.1. The summed E-state index contributed by atoms with van der Waals surface area (Å²) in [6.45, 7) is 2.30. The highest BCUT2D eigenvalue weighted by molar-refractivity contribution is 5.19. The molecular weight excluding hydrogens is 374 g/mol. The number of hydrogen-bond donors (Lipinski definition) is 0. The van der Waals surface area contributed by atoms with Gasteiger partial charge in [0.2, 0.25) is 0 Å². The molecule has 2 heteroatoms. The number of rotatable bonds is 11. The van der Waals surface area contributed by atoms with E-state index < -0.39 is 11.6 Å². The molecule has 0 nitrogen and oxygen atoms in total. The highest BCUT2D eigenvalue weighted by atomic mass is 19.2. The molecule has 0 heterocycles. The molecule has 1 atom stereocenters. The quantitative estimate of drug-likeness (QED) is 0.249. The summed E-state index contributed by atoms with van der Waals surface area (Å²) in [5, 5.41) is 0. The highest BCUT2D eigenvalue weighted by Crippen LogP contribution is 2.37. The molecule has 0 aromatic heterocycles. The molecule has 0 N–H and O–H groups in total. The number of aryl methyl sites for hydroxylation is 1. The zero-order chi connectivity index (χ0) is 21.2. The topological polar surface area (TPSA) is 0 Å². The molecule has 1 saturated carbocycles. The summed E-state index contributed by atoms with van der Waals surface area (Å²) < 4.78 is 26.4. The van der Waals surface area contributed by atoms with E-state index in [0.717, 1.165) is 36.2 Å². The summed E-state index contributed by atoms with van der Waals surface area (Å²) in [5.41, 5.74) is 2.41. The maximum atomic E-state index is 13.3. The number of hydrogen-bond acceptors (Lipinski definition) is 0. The van der Waals surface area contributed by atoms with Gasteiger partial charge in [-0.05, 0) is 74.0 Å². The molecule has 0 spiro atoms. The van der Waals surface area contributed by atoms with Crippen LogP contribution in [0.3, 0.4) is 0 Å². The molecule has 30 heavy (non-hydrogen) atoms. The maximum Gasteiger partial charge on any atom is 0.159 e. The lowest BCUT2D eigenvalue weighted by Gasteiger charge is -2.30. The molecule has 1 fully saturated rings. The maximum absolute atomic E-state index is 13.3. The number of halogens is 2. The van der Waals surface area contributed by atoms with Crippen LogP contribution in [0.5, 0.6) is 0 Å². The van der Waals surface area contributed by atoms with Gasteiger partial charge in [0.15, 0.2) is 11.6 Å². The third-order valence-electron chi connectivity index (χ3n) is 7.75. The van der Waals surface area contributed by atoms with Crippen LogP contribution in [0.2, 0.25) is 0 Å². The lowest BCUT2D eigenvalue weighted by Crippen LogP contribution is -2.16. The molecule has 3 rings (SSSR count). The summed E-state index contributed by atoms with van der Waals surface area (Å²) in [4.78, 5) is 0. The largest absolute Gasteiger partial charge is 0.204 e. The summed E-state index contributed by atoms with van der Waals surface area (Å²) in [6.07, 6.45) is 23.9. The molecule has 0 bridgehead atoms. The van der Waals surface area contributed by atoms with Gasteiger partial charge in [0.25, 0.3) is 0 Å². The molecular formula is C28H42F2. The Morgan fingerprint density at radius 3 is 2.17 bits per heavy atom. The van der Waals surface area contributed by atoms with Gasteiger partial charge in [0.1, 0.15) is 0 Å². The first kappa shape index (κ1) is 23.5. The smallest absolute Gasteiger partial charge is 0.159 e. The minimum absolute atomic E-state index is 0.726. The van der Waals surface area contributed by atoms with Crippen molar-refractivity contribution >= 4 is 0 Å². The zero-order valence-electron chi connectivity index (χ0n) is 19.1. The van der Waals surface area contributed by atoms with Gasteiger partial charge in [0, 0.05) is 0 Å². The number of allylic oxidation sites excluding steroid dienone is 2. The minimum atomic E-state index is -0.751. The third kappa shape index (κ3) is 7.82. The van der Waals surface area contributed by atoms with Crippen LogP contribution in [0, 0.1) is 29.4 Å². The molecule has 0 aliphatic heterocycles. The predicted octanol–water partition coefficient (Wildman–Crippen LogP) is 9.18. The van der Waals surface area contributed by atoms with E-state index in [1.807, 2.05) is 0 Å². The Balaban J connectivity index is 1.28. The Kier molecular flexibility index (Phi) is 9.88. The van der Waals surface area contributed by atoms with Crippen molar-refractivity contribution < 1.29 is 8.78 Å². The average Bonchev–Trinajstić information content (AvgIpc) is 2.77. The third-order valence-corrected chi connectivity index (χ3v) is 7.75. The Hall–Kier alpha value is -1.18. The molecule has 0 amide bonds. The molecule has 1 aromatic rings. The molecule has 2 aliphatic rings. The van der Waals surface area contributed by atoms with E-state index in [1.165, 1.54) is 108 Å². The first-order chi connectivity index (χ1) is 14.6. The van der Waals surface area contributed by atoms with Gasteiger partial charge in [-0.3, -0.25) is 0 Å². The van der Waals surface area contributed by atoms with Crippen LogP contribution in [0.15, 0.2) is 29.8 Å². The van der Waals surface area contributed by atoms with E-state index >= 15 is 0 Å². The van der Waals surface area contributed by atoms with Crippen molar-refractivity contribution in [3.63, 3.8) is 0 Å². The predicted molar refractivity (Wildman–Crippen MR) is 124 cm³/mol. The number of unbranched alkanes of at least 4 members (excludes halogenated alkanes) is 3. The second-order valence-corrected chi connectivity index (χ2v) is 10.1. The Morgan fingerprint density at radius 2 is 1.50 bits per heavy atom. The zero-order valence-corrected chi connectivity index (χ0v) is 19.1. The summed E-state index contributed by atoms with van der Waals surface area (Å²) in [7, 11) is 0. The summed E-state index contributed by atoms with van der Waals surface area (Å²) in [5.74, 6) is 1.39. The van der Waals surface area contributed by atoms with E-state index in [4.69, 9.17) is 0 Å². The van der Waals surface area contributed by atoms with Gasteiger partial charge in [-0.15, -0.1) is 0 Å². The van der Waals surface area contributed by atoms with Gasteiger partial charge in [-0.2, -0.15) is 0 Å². The number of benzene rings is 1. The summed E-state index contributed by atoms with van der Waals surface area (Å²) in [6, 6.07) is 4.31. The highest BCUT2D eigenvalue weighted by Gasteiger charge is 2.22. The van der Waals surface area contributed by atoms with Gasteiger partial charge in [-0.1, -0.05) is 88.8 Å². The van der Waals surface area contributed by atoms with Crippen LogP contribution >= 0.6 is 0 Å². The van der Waals surface area contributed by atoms with E-state index in [1.54, 1.807) is 6.07 Å². The summed E-state index contributed by atoms with van der Waals surface area (Å²) >= 11 is 0. The van der Waals surface area contributed by atoms with Crippen molar-refractivity contribution in [1.82, 2.24) is 0 Å². The van der Waals surface area contributed by atoms with Crippen LogP contribution in [-0.2, 0) is 6.42 Å². The second kappa shape index (κ2) is 12.6. The molecule has 1 aromatic carbocycles. The van der Waals surface area contributed by atoms with Crippen LogP contribution in [0.4, 0.5) is 8.78 Å². The Bertz CT molecular complexity index is 655. The van der Waals surface area contributed by atoms with Crippen LogP contribution in [0.1, 0.15) is 109 Å². The molecule has 0 radical (unpaired) electrons. The van der Waals surface area contributed by atoms with E-state index in [-0.39, 0.29) is 0 Å². The lowest BCUT2D eigenvalue weighted by atomic mass is 9.76. The van der Waals surface area contributed by atoms with Crippen LogP contribution in [-0.4, -0.2) is 0 Å². The van der Waals surface area contributed by atoms with Crippen LogP contribution < -0.4 is 0 Å². The van der Waals surface area contributed by atoms with Crippen molar-refractivity contribution in [3.05, 3.63) is 47.0 Å². The van der Waals surface area contributed by atoms with Crippen molar-refractivity contribution in [2.24, 2.45) is 17.8 Å². The molecule has 0 saturated heterocycles. The van der Waals surface area contributed by atoms with E-state index in [0.29, 0.717) is 0 Å². The minimum Gasteiger partial charge on any atom is -0.204 e. The average molecular weight is 417 g/mol. The molecule has 168 valence electrons. The SMILES string of the molecule is CCCCCC[C@H]1CC[C@H](CCC2CC=C(CCc3ccc(F)c(F)c3)CC2)CC1. The fourth-order valence-corrected chi connectivity index (χ4v) is 5.57. The fourth-order valence-electron chi connectivity index (χ4n) is 5.57. The van der Waals surface area contributed by atoms with Gasteiger partial charge < -0.3 is 0 Å². The Morgan fingerprint density at radius 1 is 0.767 bits per heavy atom. The standard InChI is InChI=1S/C28H42F2/c1-2-3-4-5-6-22-7-9-23(10-8-22)11-12-24-13-15-25(16-14-24)17-18-26-19-20-27(29)28(30)21-26/h15,19-24H,2-14,16-18H2,1H3/t22-,23-,24?. The fraction of sp³-hybridized carbons (Fsp3) is 0.714. The van der Waals surface area contributed by atoms with Crippen molar-refractivity contribution in [3.8, 4) is 0 Å². The Labute approximate surface area is 183 Å². The van der Waals surface area contributed by atoms with Crippen molar-refractivity contribution in [2.45, 2.75) is 110 Å². The normalized spacial score (nSPS) is 24.6. The molecule has 1 unspecified atom stereocenters. The van der Waals surface area contributed by atoms with Gasteiger partial charge in [0.05, 0.1) is 0 Å². The van der Waals surface area contributed by atoms with Gasteiger partial charge >= 0.3 is 0 Å². The first-order valence-corrected chi connectivity index (χ1v) is 12.8. The first-order valence-electron chi connectivity index (χ1n) is 12.8. The molecule has 2 aliphatic carbocycles. The monoisotopic (exact) mass is 416 g/mol. The van der Waals surface area contributed by atoms with E-state index in [2.05, 4.69) is 13.0 Å². The van der Waals surface area contributed by atoms with E-state index in [9.17, 15) is 8.78 Å². The van der Waals surface area contributed by atoms with Crippen molar-refractivity contribution in [1.29, 1.82) is 0 Å². The van der Waals surface area contributed by atoms with Crippen LogP contribution in [0.25, 0.3) is 0 Å².